The highest BCUT2D eigenvalue weighted by atomic mass is 19.1. The zero-order chi connectivity index (χ0) is 33.2. The van der Waals surface area contributed by atoms with Gasteiger partial charge in [0.25, 0.3) is 0 Å². The molecule has 11 heteroatoms. The Morgan fingerprint density at radius 3 is 2.20 bits per heavy atom. The van der Waals surface area contributed by atoms with Gasteiger partial charge in [-0.2, -0.15) is 0 Å². The molecule has 3 aromatic carbocycles. The lowest BCUT2D eigenvalue weighted by molar-refractivity contribution is 0.0592. The number of aryl methyl sites for hydroxylation is 1. The van der Waals surface area contributed by atoms with Crippen LogP contribution in [-0.2, 0) is 16.0 Å². The number of hydrogen-bond donors (Lipinski definition) is 3. The number of methoxy groups -OCH3 is 1. The second kappa shape index (κ2) is 15.0. The second-order valence-electron chi connectivity index (χ2n) is 11.8. The van der Waals surface area contributed by atoms with Gasteiger partial charge in [-0.05, 0) is 89.9 Å². The number of anilines is 3. The molecule has 44 heavy (non-hydrogen) atoms. The molecule has 236 valence electrons. The Kier molecular flexibility index (Phi) is 12.0. The van der Waals surface area contributed by atoms with Crippen LogP contribution in [0.4, 0.5) is 31.0 Å². The molecule has 0 spiro atoms. The average molecular weight is 610 g/mol. The fraction of sp³-hybridized carbons (Fsp3) is 0.333. The van der Waals surface area contributed by atoms with Gasteiger partial charge in [0.1, 0.15) is 17.5 Å². The summed E-state index contributed by atoms with van der Waals surface area (Å²) < 4.78 is 24.5. The Bertz CT molecular complexity index is 1490. The number of ether oxygens (including phenoxy) is 2. The molecular formula is C33H40FN3O7. The molecule has 0 saturated carbocycles. The molecule has 0 saturated heterocycles. The van der Waals surface area contributed by atoms with E-state index in [1.807, 2.05) is 6.07 Å². The summed E-state index contributed by atoms with van der Waals surface area (Å²) in [7, 11) is 1.21. The van der Waals surface area contributed by atoms with Gasteiger partial charge in [-0.15, -0.1) is 0 Å². The topological polar surface area (TPSA) is 134 Å². The lowest BCUT2D eigenvalue weighted by atomic mass is 10.0. The molecule has 0 aliphatic heterocycles. The maximum absolute atomic E-state index is 14.6. The smallest absolute Gasteiger partial charge is 0.412 e. The standard InChI is InChI=1S/C21H25FN2O4.C12H15NO3/c1-13-9-10-16(18(22)17(13)19(25)27-5)23-12-14-7-6-8-15(11-14)24-20(26)28-21(2,3)4;1-12(2,3)13(11(15)16)10-6-4-5-9(7-10)8-14/h6-11,23H,12H2,1-5H3,(H,24,26);4-8H,1-3H3,(H,15,16). The number of esters is 1. The summed E-state index contributed by atoms with van der Waals surface area (Å²) in [4.78, 5) is 46.7. The van der Waals surface area contributed by atoms with E-state index in [0.717, 1.165) is 5.56 Å². The summed E-state index contributed by atoms with van der Waals surface area (Å²) in [6, 6.07) is 16.9. The van der Waals surface area contributed by atoms with Crippen molar-refractivity contribution >= 4 is 41.5 Å². The molecule has 0 bridgehead atoms. The first-order valence-corrected chi connectivity index (χ1v) is 13.8. The molecule has 3 N–H and O–H groups in total. The second-order valence-corrected chi connectivity index (χ2v) is 11.8. The number of carbonyl (C=O) groups excluding carboxylic acids is 3. The molecule has 10 nitrogen and oxygen atoms in total. The van der Waals surface area contributed by atoms with Gasteiger partial charge in [0, 0.05) is 29.0 Å². The fourth-order valence-corrected chi connectivity index (χ4v) is 4.06. The number of benzene rings is 3. The van der Waals surface area contributed by atoms with E-state index in [1.54, 1.807) is 103 Å². The van der Waals surface area contributed by atoms with Crippen LogP contribution in [0.2, 0.25) is 0 Å². The van der Waals surface area contributed by atoms with Crippen LogP contribution in [0.25, 0.3) is 0 Å². The van der Waals surface area contributed by atoms with Crippen molar-refractivity contribution in [3.8, 4) is 0 Å². The number of halogens is 1. The van der Waals surface area contributed by atoms with Gasteiger partial charge in [0.15, 0.2) is 5.82 Å². The highest BCUT2D eigenvalue weighted by molar-refractivity contribution is 5.92. The van der Waals surface area contributed by atoms with Crippen LogP contribution in [-0.4, -0.2) is 47.8 Å². The highest BCUT2D eigenvalue weighted by Crippen LogP contribution is 2.25. The summed E-state index contributed by atoms with van der Waals surface area (Å²) in [6.07, 6.45) is -0.882. The SMILES string of the molecule is CC(C)(C)N(C(=O)O)c1cccc(C=O)c1.COC(=O)c1c(C)ccc(NCc2cccc(NC(=O)OC(C)(C)C)c2)c1F. The predicted octanol–water partition coefficient (Wildman–Crippen LogP) is 7.66. The van der Waals surface area contributed by atoms with E-state index < -0.39 is 35.1 Å². The fourth-order valence-electron chi connectivity index (χ4n) is 4.06. The minimum atomic E-state index is -1.03. The van der Waals surface area contributed by atoms with Gasteiger partial charge < -0.3 is 19.9 Å². The molecule has 0 aromatic heterocycles. The van der Waals surface area contributed by atoms with Crippen LogP contribution in [0.1, 0.15) is 73.4 Å². The lowest BCUT2D eigenvalue weighted by Crippen LogP contribution is -2.45. The van der Waals surface area contributed by atoms with Crippen LogP contribution < -0.4 is 15.5 Å². The van der Waals surface area contributed by atoms with Gasteiger partial charge in [0.2, 0.25) is 0 Å². The van der Waals surface area contributed by atoms with Crippen molar-refractivity contribution < 1.29 is 38.1 Å². The highest BCUT2D eigenvalue weighted by Gasteiger charge is 2.27. The Morgan fingerprint density at radius 1 is 0.977 bits per heavy atom. The van der Waals surface area contributed by atoms with Crippen LogP contribution in [0.3, 0.4) is 0 Å². The summed E-state index contributed by atoms with van der Waals surface area (Å²) in [5.74, 6) is -1.38. The third-order valence-corrected chi connectivity index (χ3v) is 5.92. The third kappa shape index (κ3) is 10.4. The Labute approximate surface area is 257 Å². The number of nitrogens with one attached hydrogen (secondary N) is 2. The van der Waals surface area contributed by atoms with E-state index in [2.05, 4.69) is 15.4 Å². The van der Waals surface area contributed by atoms with Gasteiger partial charge in [-0.1, -0.05) is 30.3 Å². The number of rotatable bonds is 7. The number of aldehydes is 1. The Morgan fingerprint density at radius 2 is 1.64 bits per heavy atom. The third-order valence-electron chi connectivity index (χ3n) is 5.92. The minimum absolute atomic E-state index is 0.0900. The van der Waals surface area contributed by atoms with Crippen molar-refractivity contribution in [3.63, 3.8) is 0 Å². The van der Waals surface area contributed by atoms with Crippen LogP contribution in [0, 0.1) is 12.7 Å². The van der Waals surface area contributed by atoms with E-state index in [4.69, 9.17) is 9.84 Å². The minimum Gasteiger partial charge on any atom is -0.465 e. The van der Waals surface area contributed by atoms with Gasteiger partial charge in [0.05, 0.1) is 12.8 Å². The lowest BCUT2D eigenvalue weighted by Gasteiger charge is -2.33. The van der Waals surface area contributed by atoms with E-state index in [1.165, 1.54) is 12.0 Å². The Balaban J connectivity index is 0.000000358. The van der Waals surface area contributed by atoms with Crippen molar-refractivity contribution in [1.29, 1.82) is 0 Å². The summed E-state index contributed by atoms with van der Waals surface area (Å²) in [5.41, 5.74) is 1.80. The molecule has 2 amide bonds. The van der Waals surface area contributed by atoms with Crippen molar-refractivity contribution in [1.82, 2.24) is 0 Å². The molecular weight excluding hydrogens is 569 g/mol. The first-order valence-electron chi connectivity index (χ1n) is 13.8. The first kappa shape index (κ1) is 35.3. The van der Waals surface area contributed by atoms with E-state index in [-0.39, 0.29) is 11.3 Å². The van der Waals surface area contributed by atoms with Crippen molar-refractivity contribution in [3.05, 3.63) is 88.7 Å². The molecule has 0 aliphatic carbocycles. The van der Waals surface area contributed by atoms with Gasteiger partial charge >= 0.3 is 18.2 Å². The van der Waals surface area contributed by atoms with Crippen molar-refractivity contribution in [2.75, 3.05) is 22.6 Å². The van der Waals surface area contributed by atoms with E-state index in [0.29, 0.717) is 35.3 Å². The number of carbonyl (C=O) groups is 4. The molecule has 0 heterocycles. The zero-order valence-corrected chi connectivity index (χ0v) is 26.3. The van der Waals surface area contributed by atoms with Crippen LogP contribution >= 0.6 is 0 Å². The maximum Gasteiger partial charge on any atom is 0.412 e. The molecule has 0 radical (unpaired) electrons. The molecule has 0 fully saturated rings. The zero-order valence-electron chi connectivity index (χ0n) is 26.3. The summed E-state index contributed by atoms with van der Waals surface area (Å²) in [5, 5.41) is 14.8. The molecule has 0 unspecified atom stereocenters. The van der Waals surface area contributed by atoms with Crippen molar-refractivity contribution in [2.24, 2.45) is 0 Å². The average Bonchev–Trinajstić information content (AvgIpc) is 2.91. The number of nitrogens with zero attached hydrogens (tertiary/aromatic N) is 1. The largest absolute Gasteiger partial charge is 0.465 e. The number of hydrogen-bond acceptors (Lipinski definition) is 7. The molecule has 3 aromatic rings. The van der Waals surface area contributed by atoms with Crippen LogP contribution in [0.15, 0.2) is 60.7 Å². The van der Waals surface area contributed by atoms with E-state index in [9.17, 15) is 23.6 Å². The predicted molar refractivity (Wildman–Crippen MR) is 168 cm³/mol. The van der Waals surface area contributed by atoms with Gasteiger partial charge in [-0.3, -0.25) is 15.0 Å². The molecule has 3 rings (SSSR count). The normalized spacial score (nSPS) is 10.9. The van der Waals surface area contributed by atoms with Crippen molar-refractivity contribution in [2.45, 2.75) is 66.2 Å². The summed E-state index contributed by atoms with van der Waals surface area (Å²) in [6.45, 7) is 12.7. The molecule has 0 atom stereocenters. The summed E-state index contributed by atoms with van der Waals surface area (Å²) >= 11 is 0. The van der Waals surface area contributed by atoms with Crippen LogP contribution in [0.5, 0.6) is 0 Å². The number of amides is 2. The monoisotopic (exact) mass is 609 g/mol. The Hall–Kier alpha value is -4.93. The maximum atomic E-state index is 14.6. The molecule has 0 aliphatic rings. The number of carboxylic acid groups (broad SMARTS) is 1. The van der Waals surface area contributed by atoms with Gasteiger partial charge in [-0.25, -0.2) is 18.8 Å². The first-order chi connectivity index (χ1) is 20.5. The van der Waals surface area contributed by atoms with E-state index >= 15 is 0 Å². The quantitative estimate of drug-likeness (QED) is 0.184.